The van der Waals surface area contributed by atoms with E-state index in [4.69, 9.17) is 9.15 Å². The molecule has 1 amide bonds. The van der Waals surface area contributed by atoms with Crippen LogP contribution in [-0.4, -0.2) is 20.6 Å². The van der Waals surface area contributed by atoms with Gasteiger partial charge in [-0.25, -0.2) is 14.8 Å². The van der Waals surface area contributed by atoms with Gasteiger partial charge in [-0.05, 0) is 44.2 Å². The number of anilines is 1. The monoisotopic (exact) mass is 382 g/mol. The minimum absolute atomic E-state index is 0.156. The largest absolute Gasteiger partial charge is 0.462 e. The Labute approximate surface area is 159 Å². The van der Waals surface area contributed by atoms with E-state index >= 15 is 0 Å². The van der Waals surface area contributed by atoms with Crippen molar-refractivity contribution in [2.24, 2.45) is 0 Å². The highest BCUT2D eigenvalue weighted by Gasteiger charge is 2.13. The smallest absolute Gasteiger partial charge is 0.411 e. The molecule has 0 unspecified atom stereocenters. The summed E-state index contributed by atoms with van der Waals surface area (Å²) in [5.74, 6) is 0.707. The van der Waals surface area contributed by atoms with Crippen molar-refractivity contribution in [3.63, 3.8) is 0 Å². The SMILES string of the molecule is CCn1cnc2cc(NC(=O)OCc3sc(-c4ccco4)nc3C)ccc21. The van der Waals surface area contributed by atoms with Gasteiger partial charge in [0.25, 0.3) is 0 Å². The summed E-state index contributed by atoms with van der Waals surface area (Å²) >= 11 is 1.45. The number of hydrogen-bond donors (Lipinski definition) is 1. The zero-order chi connectivity index (χ0) is 18.8. The number of aromatic nitrogens is 3. The lowest BCUT2D eigenvalue weighted by atomic mass is 10.2. The molecule has 0 fully saturated rings. The summed E-state index contributed by atoms with van der Waals surface area (Å²) in [5, 5.41) is 3.51. The summed E-state index contributed by atoms with van der Waals surface area (Å²) in [7, 11) is 0. The lowest BCUT2D eigenvalue weighted by Gasteiger charge is -2.07. The highest BCUT2D eigenvalue weighted by atomic mass is 32.1. The molecule has 0 spiro atoms. The van der Waals surface area contributed by atoms with Gasteiger partial charge >= 0.3 is 6.09 Å². The molecule has 1 N–H and O–H groups in total. The molecule has 7 nitrogen and oxygen atoms in total. The molecule has 4 aromatic rings. The van der Waals surface area contributed by atoms with Crippen LogP contribution in [0.2, 0.25) is 0 Å². The number of fused-ring (bicyclic) bond motifs is 1. The van der Waals surface area contributed by atoms with Crippen LogP contribution in [0, 0.1) is 6.92 Å². The Morgan fingerprint density at radius 2 is 2.26 bits per heavy atom. The summed E-state index contributed by atoms with van der Waals surface area (Å²) in [4.78, 5) is 21.8. The zero-order valence-corrected chi connectivity index (χ0v) is 15.7. The van der Waals surface area contributed by atoms with Crippen molar-refractivity contribution in [2.45, 2.75) is 27.0 Å². The third kappa shape index (κ3) is 3.56. The second-order valence-electron chi connectivity index (χ2n) is 5.94. The molecule has 0 bridgehead atoms. The van der Waals surface area contributed by atoms with Crippen LogP contribution in [0.1, 0.15) is 17.5 Å². The van der Waals surface area contributed by atoms with Gasteiger partial charge in [0.2, 0.25) is 0 Å². The fraction of sp³-hybridized carbons (Fsp3) is 0.211. The number of carbonyl (C=O) groups excluding carboxylic acids is 1. The highest BCUT2D eigenvalue weighted by Crippen LogP contribution is 2.28. The Balaban J connectivity index is 1.40. The number of amides is 1. The molecular formula is C19H18N4O3S. The standard InChI is InChI=1S/C19H18N4O3S/c1-3-23-11-20-14-9-13(6-7-15(14)23)22-19(24)26-10-17-12(2)21-18(27-17)16-5-4-8-25-16/h4-9,11H,3,10H2,1-2H3,(H,22,24). The second kappa shape index (κ2) is 7.24. The van der Waals surface area contributed by atoms with E-state index in [1.165, 1.54) is 11.3 Å². The number of benzene rings is 1. The Hall–Kier alpha value is -3.13. The average molecular weight is 382 g/mol. The van der Waals surface area contributed by atoms with Crippen molar-refractivity contribution in [1.29, 1.82) is 0 Å². The maximum Gasteiger partial charge on any atom is 0.411 e. The molecule has 1 aromatic carbocycles. The van der Waals surface area contributed by atoms with Gasteiger partial charge in [0.1, 0.15) is 6.61 Å². The Bertz CT molecular complexity index is 1080. The van der Waals surface area contributed by atoms with E-state index in [2.05, 4.69) is 22.2 Å². The van der Waals surface area contributed by atoms with Gasteiger partial charge in [0.15, 0.2) is 10.8 Å². The number of aryl methyl sites for hydroxylation is 2. The van der Waals surface area contributed by atoms with Crippen LogP contribution in [0.5, 0.6) is 0 Å². The first-order valence-electron chi connectivity index (χ1n) is 8.53. The number of thiazole rings is 1. The van der Waals surface area contributed by atoms with Gasteiger partial charge in [-0.3, -0.25) is 5.32 Å². The molecule has 3 heterocycles. The maximum atomic E-state index is 12.1. The van der Waals surface area contributed by atoms with E-state index in [0.717, 1.165) is 33.2 Å². The molecular weight excluding hydrogens is 364 g/mol. The summed E-state index contributed by atoms with van der Waals surface area (Å²) in [6.07, 6.45) is 2.88. The first-order valence-corrected chi connectivity index (χ1v) is 9.34. The van der Waals surface area contributed by atoms with Crippen LogP contribution in [0.3, 0.4) is 0 Å². The third-order valence-electron chi connectivity index (χ3n) is 4.17. The molecule has 3 aromatic heterocycles. The summed E-state index contributed by atoms with van der Waals surface area (Å²) in [6, 6.07) is 9.27. The summed E-state index contributed by atoms with van der Waals surface area (Å²) in [5.41, 5.74) is 3.33. The number of hydrogen-bond acceptors (Lipinski definition) is 6. The van der Waals surface area contributed by atoms with Crippen molar-refractivity contribution < 1.29 is 13.9 Å². The molecule has 0 aliphatic carbocycles. The van der Waals surface area contributed by atoms with Crippen LogP contribution in [0.25, 0.3) is 21.8 Å². The van der Waals surface area contributed by atoms with E-state index < -0.39 is 6.09 Å². The van der Waals surface area contributed by atoms with Gasteiger partial charge in [0.05, 0.1) is 34.2 Å². The predicted molar refractivity (Wildman–Crippen MR) is 104 cm³/mol. The lowest BCUT2D eigenvalue weighted by Crippen LogP contribution is -2.13. The van der Waals surface area contributed by atoms with Gasteiger partial charge in [-0.1, -0.05) is 0 Å². The normalized spacial score (nSPS) is 11.0. The van der Waals surface area contributed by atoms with Crippen molar-refractivity contribution in [1.82, 2.24) is 14.5 Å². The number of ether oxygens (including phenoxy) is 1. The molecule has 0 radical (unpaired) electrons. The van der Waals surface area contributed by atoms with Gasteiger partial charge in [0, 0.05) is 12.2 Å². The quantitative estimate of drug-likeness (QED) is 0.534. The minimum Gasteiger partial charge on any atom is -0.462 e. The summed E-state index contributed by atoms with van der Waals surface area (Å²) < 4.78 is 12.7. The second-order valence-corrected chi connectivity index (χ2v) is 7.02. The van der Waals surface area contributed by atoms with Crippen molar-refractivity contribution in [3.8, 4) is 10.8 Å². The van der Waals surface area contributed by atoms with E-state index in [1.54, 1.807) is 12.6 Å². The van der Waals surface area contributed by atoms with E-state index in [-0.39, 0.29) is 6.61 Å². The van der Waals surface area contributed by atoms with Crippen LogP contribution in [-0.2, 0) is 17.9 Å². The average Bonchev–Trinajstić information content (AvgIpc) is 3.39. The number of nitrogens with one attached hydrogen (secondary N) is 1. The van der Waals surface area contributed by atoms with Crippen molar-refractivity contribution in [3.05, 3.63) is 53.5 Å². The van der Waals surface area contributed by atoms with Crippen molar-refractivity contribution in [2.75, 3.05) is 5.32 Å². The number of imidazole rings is 1. The molecule has 138 valence electrons. The first kappa shape index (κ1) is 17.3. The molecule has 0 atom stereocenters. The molecule has 8 heteroatoms. The summed E-state index contributed by atoms with van der Waals surface area (Å²) in [6.45, 7) is 4.95. The van der Waals surface area contributed by atoms with Gasteiger partial charge < -0.3 is 13.7 Å². The lowest BCUT2D eigenvalue weighted by molar-refractivity contribution is 0.156. The van der Waals surface area contributed by atoms with Crippen LogP contribution >= 0.6 is 11.3 Å². The third-order valence-corrected chi connectivity index (χ3v) is 5.31. The number of carbonyl (C=O) groups is 1. The molecule has 4 rings (SSSR count). The maximum absolute atomic E-state index is 12.1. The molecule has 0 aliphatic rings. The topological polar surface area (TPSA) is 82.2 Å². The Morgan fingerprint density at radius 1 is 1.37 bits per heavy atom. The highest BCUT2D eigenvalue weighted by molar-refractivity contribution is 7.15. The number of rotatable bonds is 5. The molecule has 0 aliphatic heterocycles. The van der Waals surface area contributed by atoms with E-state index in [9.17, 15) is 4.79 Å². The van der Waals surface area contributed by atoms with Crippen LogP contribution in [0.4, 0.5) is 10.5 Å². The van der Waals surface area contributed by atoms with Gasteiger partial charge in [-0.2, -0.15) is 0 Å². The Kier molecular flexibility index (Phi) is 4.64. The van der Waals surface area contributed by atoms with Crippen LogP contribution in [0.15, 0.2) is 47.3 Å². The fourth-order valence-electron chi connectivity index (χ4n) is 2.75. The van der Waals surface area contributed by atoms with E-state index in [1.807, 2.05) is 41.8 Å². The first-order chi connectivity index (χ1) is 13.1. The molecule has 27 heavy (non-hydrogen) atoms. The minimum atomic E-state index is -0.517. The Morgan fingerprint density at radius 3 is 3.04 bits per heavy atom. The molecule has 0 saturated carbocycles. The van der Waals surface area contributed by atoms with E-state index in [0.29, 0.717) is 11.4 Å². The fourth-order valence-corrected chi connectivity index (χ4v) is 3.69. The number of nitrogens with zero attached hydrogens (tertiary/aromatic N) is 3. The van der Waals surface area contributed by atoms with Gasteiger partial charge in [-0.15, -0.1) is 11.3 Å². The van der Waals surface area contributed by atoms with Crippen molar-refractivity contribution >= 4 is 34.2 Å². The predicted octanol–water partition coefficient (Wildman–Crippen LogP) is 4.83. The number of furan rings is 1. The zero-order valence-electron chi connectivity index (χ0n) is 14.9. The molecule has 0 saturated heterocycles. The van der Waals surface area contributed by atoms with Crippen LogP contribution < -0.4 is 5.32 Å².